The molecule has 0 aromatic carbocycles. The van der Waals surface area contributed by atoms with Gasteiger partial charge < -0.3 is 5.11 Å². The molecule has 1 saturated carbocycles. The molecule has 12 heavy (non-hydrogen) atoms. The van der Waals surface area contributed by atoms with Gasteiger partial charge in [0.2, 0.25) is 0 Å². The van der Waals surface area contributed by atoms with Crippen molar-refractivity contribution in [2.45, 2.75) is 32.3 Å². The Morgan fingerprint density at radius 1 is 1.58 bits per heavy atom. The molecule has 0 aliphatic heterocycles. The average Bonchev–Trinajstić information content (AvgIpc) is 2.31. The van der Waals surface area contributed by atoms with Gasteiger partial charge in [-0.05, 0) is 42.7 Å². The van der Waals surface area contributed by atoms with Crippen LogP contribution >= 0.6 is 11.3 Å². The Kier molecular flexibility index (Phi) is 2.20. The van der Waals surface area contributed by atoms with Crippen molar-refractivity contribution in [1.29, 1.82) is 0 Å². The fraction of sp³-hybridized carbons (Fsp3) is 0.600. The highest BCUT2D eigenvalue weighted by Crippen LogP contribution is 2.40. The minimum atomic E-state index is -0.182. The van der Waals surface area contributed by atoms with Crippen LogP contribution in [-0.4, -0.2) is 5.11 Å². The summed E-state index contributed by atoms with van der Waals surface area (Å²) in [6, 6.07) is 2.09. The maximum atomic E-state index is 9.92. The molecule has 1 aliphatic rings. The molecular formula is C10H14OS. The van der Waals surface area contributed by atoms with Crippen LogP contribution in [0.15, 0.2) is 11.4 Å². The van der Waals surface area contributed by atoms with Gasteiger partial charge in [-0.25, -0.2) is 0 Å². The van der Waals surface area contributed by atoms with E-state index in [2.05, 4.69) is 18.4 Å². The third-order valence-corrected chi connectivity index (χ3v) is 3.86. The number of aryl methyl sites for hydroxylation is 1. The van der Waals surface area contributed by atoms with Gasteiger partial charge in [0.1, 0.15) is 0 Å². The fourth-order valence-corrected chi connectivity index (χ4v) is 2.66. The van der Waals surface area contributed by atoms with E-state index in [-0.39, 0.29) is 6.10 Å². The normalized spacial score (nSPS) is 20.5. The Labute approximate surface area is 77.0 Å². The van der Waals surface area contributed by atoms with Crippen molar-refractivity contribution in [2.75, 3.05) is 0 Å². The van der Waals surface area contributed by atoms with Crippen LogP contribution in [0.3, 0.4) is 0 Å². The van der Waals surface area contributed by atoms with Gasteiger partial charge in [-0.15, -0.1) is 11.3 Å². The van der Waals surface area contributed by atoms with E-state index in [1.165, 1.54) is 29.7 Å². The van der Waals surface area contributed by atoms with Gasteiger partial charge >= 0.3 is 0 Å². The Balaban J connectivity index is 2.13. The minimum Gasteiger partial charge on any atom is -0.387 e. The van der Waals surface area contributed by atoms with Crippen LogP contribution in [0.4, 0.5) is 0 Å². The molecule has 1 aromatic rings. The van der Waals surface area contributed by atoms with Crippen LogP contribution in [0, 0.1) is 12.8 Å². The molecule has 1 nitrogen and oxygen atoms in total. The van der Waals surface area contributed by atoms with Crippen LogP contribution in [-0.2, 0) is 0 Å². The van der Waals surface area contributed by atoms with E-state index in [1.807, 2.05) is 0 Å². The molecule has 1 fully saturated rings. The Hall–Kier alpha value is -0.340. The molecular weight excluding hydrogens is 168 g/mol. The highest BCUT2D eigenvalue weighted by Gasteiger charge is 2.28. The fourth-order valence-electron chi connectivity index (χ4n) is 1.66. The van der Waals surface area contributed by atoms with Crippen molar-refractivity contribution in [2.24, 2.45) is 5.92 Å². The van der Waals surface area contributed by atoms with Crippen LogP contribution < -0.4 is 0 Å². The molecule has 0 bridgehead atoms. The lowest BCUT2D eigenvalue weighted by Gasteiger charge is -2.30. The number of thiophene rings is 1. The zero-order chi connectivity index (χ0) is 8.55. The average molecular weight is 182 g/mol. The number of hydrogen-bond acceptors (Lipinski definition) is 2. The number of aliphatic hydroxyl groups is 1. The standard InChI is InChI=1S/C10H14OS/c1-7-5-6-12-10(7)9(11)8-3-2-4-8/h5-6,8-9,11H,2-4H2,1H3. The molecule has 0 amide bonds. The molecule has 66 valence electrons. The van der Waals surface area contributed by atoms with Crippen molar-refractivity contribution < 1.29 is 5.11 Å². The molecule has 0 saturated heterocycles. The third-order valence-electron chi connectivity index (χ3n) is 2.77. The molecule has 0 spiro atoms. The molecule has 1 heterocycles. The van der Waals surface area contributed by atoms with Crippen molar-refractivity contribution in [3.8, 4) is 0 Å². The zero-order valence-corrected chi connectivity index (χ0v) is 8.10. The highest BCUT2D eigenvalue weighted by molar-refractivity contribution is 7.10. The van der Waals surface area contributed by atoms with E-state index >= 15 is 0 Å². The topological polar surface area (TPSA) is 20.2 Å². The lowest BCUT2D eigenvalue weighted by Crippen LogP contribution is -2.19. The molecule has 1 unspecified atom stereocenters. The molecule has 2 heteroatoms. The first-order valence-electron chi connectivity index (χ1n) is 4.51. The molecule has 1 N–H and O–H groups in total. The molecule has 0 radical (unpaired) electrons. The summed E-state index contributed by atoms with van der Waals surface area (Å²) in [4.78, 5) is 1.18. The third kappa shape index (κ3) is 1.29. The second kappa shape index (κ2) is 3.19. The van der Waals surface area contributed by atoms with Crippen LogP contribution in [0.5, 0.6) is 0 Å². The molecule has 1 atom stereocenters. The Morgan fingerprint density at radius 2 is 2.33 bits per heavy atom. The number of aliphatic hydroxyl groups excluding tert-OH is 1. The van der Waals surface area contributed by atoms with Gasteiger partial charge in [-0.3, -0.25) is 0 Å². The van der Waals surface area contributed by atoms with Crippen molar-refractivity contribution in [1.82, 2.24) is 0 Å². The maximum absolute atomic E-state index is 9.92. The van der Waals surface area contributed by atoms with Gasteiger partial charge in [0.05, 0.1) is 6.10 Å². The van der Waals surface area contributed by atoms with Crippen molar-refractivity contribution >= 4 is 11.3 Å². The first-order chi connectivity index (χ1) is 5.79. The van der Waals surface area contributed by atoms with E-state index in [4.69, 9.17) is 0 Å². The maximum Gasteiger partial charge on any atom is 0.0912 e. The summed E-state index contributed by atoms with van der Waals surface area (Å²) in [5.41, 5.74) is 1.25. The number of rotatable bonds is 2. The van der Waals surface area contributed by atoms with E-state index < -0.39 is 0 Å². The van der Waals surface area contributed by atoms with Crippen LogP contribution in [0.2, 0.25) is 0 Å². The lowest BCUT2D eigenvalue weighted by atomic mass is 9.80. The predicted molar refractivity (Wildman–Crippen MR) is 51.4 cm³/mol. The van der Waals surface area contributed by atoms with E-state index in [1.54, 1.807) is 11.3 Å². The van der Waals surface area contributed by atoms with Gasteiger partial charge in [-0.1, -0.05) is 6.42 Å². The summed E-state index contributed by atoms with van der Waals surface area (Å²) in [5.74, 6) is 0.544. The monoisotopic (exact) mass is 182 g/mol. The second-order valence-corrected chi connectivity index (χ2v) is 4.55. The molecule has 1 aromatic heterocycles. The first kappa shape index (κ1) is 8.27. The predicted octanol–water partition coefficient (Wildman–Crippen LogP) is 2.89. The highest BCUT2D eigenvalue weighted by atomic mass is 32.1. The van der Waals surface area contributed by atoms with Crippen molar-refractivity contribution in [3.05, 3.63) is 21.9 Å². The summed E-state index contributed by atoms with van der Waals surface area (Å²) >= 11 is 1.69. The van der Waals surface area contributed by atoms with E-state index in [0.717, 1.165) is 0 Å². The quantitative estimate of drug-likeness (QED) is 0.745. The van der Waals surface area contributed by atoms with E-state index in [0.29, 0.717) is 5.92 Å². The van der Waals surface area contributed by atoms with Gasteiger partial charge in [-0.2, -0.15) is 0 Å². The Morgan fingerprint density at radius 3 is 2.75 bits per heavy atom. The molecule has 2 rings (SSSR count). The summed E-state index contributed by atoms with van der Waals surface area (Å²) < 4.78 is 0. The van der Waals surface area contributed by atoms with Crippen LogP contribution in [0.25, 0.3) is 0 Å². The SMILES string of the molecule is Cc1ccsc1C(O)C1CCC1. The van der Waals surface area contributed by atoms with Gasteiger partial charge in [0.15, 0.2) is 0 Å². The van der Waals surface area contributed by atoms with Gasteiger partial charge in [0.25, 0.3) is 0 Å². The smallest absolute Gasteiger partial charge is 0.0912 e. The summed E-state index contributed by atoms with van der Waals surface area (Å²) in [6.45, 7) is 2.08. The van der Waals surface area contributed by atoms with E-state index in [9.17, 15) is 5.11 Å². The van der Waals surface area contributed by atoms with Crippen molar-refractivity contribution in [3.63, 3.8) is 0 Å². The largest absolute Gasteiger partial charge is 0.387 e. The van der Waals surface area contributed by atoms with Crippen LogP contribution in [0.1, 0.15) is 35.8 Å². The van der Waals surface area contributed by atoms with Gasteiger partial charge in [0, 0.05) is 4.88 Å². The zero-order valence-electron chi connectivity index (χ0n) is 7.29. The first-order valence-corrected chi connectivity index (χ1v) is 5.39. The molecule has 1 aliphatic carbocycles. The number of hydrogen-bond donors (Lipinski definition) is 1. The lowest BCUT2D eigenvalue weighted by molar-refractivity contribution is 0.0645. The summed E-state index contributed by atoms with van der Waals surface area (Å²) in [7, 11) is 0. The second-order valence-electron chi connectivity index (χ2n) is 3.60. The summed E-state index contributed by atoms with van der Waals surface area (Å²) in [5, 5.41) is 12.0. The summed E-state index contributed by atoms with van der Waals surface area (Å²) in [6.07, 6.45) is 3.53. The minimum absolute atomic E-state index is 0.182. The Bertz CT molecular complexity index is 263.